The summed E-state index contributed by atoms with van der Waals surface area (Å²) in [6, 6.07) is 17.8. The Kier molecular flexibility index (Phi) is 6.98. The topological polar surface area (TPSA) is 47.6 Å². The summed E-state index contributed by atoms with van der Waals surface area (Å²) >= 11 is 1.52. The van der Waals surface area contributed by atoms with Crippen molar-refractivity contribution in [3.63, 3.8) is 0 Å². The zero-order valence-corrected chi connectivity index (χ0v) is 12.7. The average Bonchev–Trinajstić information content (AvgIpc) is 2.47. The van der Waals surface area contributed by atoms with E-state index >= 15 is 0 Å². The predicted octanol–water partition coefficient (Wildman–Crippen LogP) is 0.579. The standard InChI is InChI=1S/C15H16N2OS.ClH/c1-18-14-10-6-5-9-13(14)17-15(16)19-11-12-7-3-2-4-8-12;/h2-10H,11H2,1H3,(H2,16,17);1H/p-1. The second-order valence-corrected chi connectivity index (χ2v) is 4.89. The van der Waals surface area contributed by atoms with Crippen LogP contribution in [0.25, 0.3) is 0 Å². The van der Waals surface area contributed by atoms with Crippen molar-refractivity contribution < 1.29 is 17.1 Å². The van der Waals surface area contributed by atoms with Gasteiger partial charge in [-0.05, 0) is 17.7 Å². The monoisotopic (exact) mass is 307 g/mol. The fourth-order valence-corrected chi connectivity index (χ4v) is 2.27. The lowest BCUT2D eigenvalue weighted by Crippen LogP contribution is -3.00. The van der Waals surface area contributed by atoms with Crippen LogP contribution in [0.4, 0.5) is 5.69 Å². The molecular weight excluding hydrogens is 292 g/mol. The first-order chi connectivity index (χ1) is 9.29. The maximum atomic E-state index is 5.93. The molecule has 3 nitrogen and oxygen atoms in total. The Morgan fingerprint density at radius 3 is 2.45 bits per heavy atom. The molecule has 0 spiro atoms. The number of hydrogen-bond donors (Lipinski definition) is 1. The van der Waals surface area contributed by atoms with Crippen LogP contribution in [0.15, 0.2) is 59.6 Å². The van der Waals surface area contributed by atoms with E-state index in [9.17, 15) is 0 Å². The van der Waals surface area contributed by atoms with Gasteiger partial charge in [0.1, 0.15) is 11.4 Å². The van der Waals surface area contributed by atoms with Gasteiger partial charge in [0.05, 0.1) is 7.11 Å². The number of nitrogens with two attached hydrogens (primary N) is 1. The van der Waals surface area contributed by atoms with Crippen LogP contribution >= 0.6 is 11.8 Å². The molecule has 0 aliphatic rings. The van der Waals surface area contributed by atoms with E-state index in [2.05, 4.69) is 17.1 Å². The Bertz CT molecular complexity index is 561. The zero-order chi connectivity index (χ0) is 13.5. The van der Waals surface area contributed by atoms with Gasteiger partial charge in [-0.25, -0.2) is 4.99 Å². The van der Waals surface area contributed by atoms with Crippen molar-refractivity contribution >= 4 is 22.6 Å². The molecule has 0 aromatic heterocycles. The molecule has 2 rings (SSSR count). The van der Waals surface area contributed by atoms with Crippen molar-refractivity contribution in [1.82, 2.24) is 0 Å². The van der Waals surface area contributed by atoms with Crippen LogP contribution < -0.4 is 22.9 Å². The van der Waals surface area contributed by atoms with Gasteiger partial charge >= 0.3 is 0 Å². The normalized spacial score (nSPS) is 10.8. The fourth-order valence-electron chi connectivity index (χ4n) is 1.60. The van der Waals surface area contributed by atoms with Gasteiger partial charge in [0.25, 0.3) is 0 Å². The molecule has 2 N–H and O–H groups in total. The third-order valence-corrected chi connectivity index (χ3v) is 3.41. The molecule has 2 aromatic rings. The molecule has 0 bridgehead atoms. The average molecular weight is 308 g/mol. The van der Waals surface area contributed by atoms with Gasteiger partial charge in [-0.3, -0.25) is 0 Å². The number of aliphatic imine (C=N–C) groups is 1. The number of para-hydroxylation sites is 2. The molecular formula is C15H16ClN2OS-. The molecule has 0 atom stereocenters. The molecule has 0 heterocycles. The molecule has 0 saturated heterocycles. The van der Waals surface area contributed by atoms with Crippen LogP contribution in [0.3, 0.4) is 0 Å². The number of benzene rings is 2. The van der Waals surface area contributed by atoms with E-state index in [4.69, 9.17) is 10.5 Å². The van der Waals surface area contributed by atoms with Crippen LogP contribution in [0.5, 0.6) is 5.75 Å². The summed E-state index contributed by atoms with van der Waals surface area (Å²) in [5.74, 6) is 1.54. The Balaban J connectivity index is 0.00000200. The minimum absolute atomic E-state index is 0. The Labute approximate surface area is 129 Å². The van der Waals surface area contributed by atoms with Crippen molar-refractivity contribution in [3.05, 3.63) is 60.2 Å². The predicted molar refractivity (Wildman–Crippen MR) is 82.0 cm³/mol. The number of nitrogens with zero attached hydrogens (tertiary/aromatic N) is 1. The van der Waals surface area contributed by atoms with Crippen molar-refractivity contribution in [1.29, 1.82) is 0 Å². The molecule has 0 unspecified atom stereocenters. The highest BCUT2D eigenvalue weighted by atomic mass is 35.5. The van der Waals surface area contributed by atoms with E-state index in [0.717, 1.165) is 17.2 Å². The first kappa shape index (κ1) is 16.4. The van der Waals surface area contributed by atoms with E-state index in [1.807, 2.05) is 42.5 Å². The molecule has 5 heteroatoms. The largest absolute Gasteiger partial charge is 1.00 e. The molecule has 2 aromatic carbocycles. The third kappa shape index (κ3) is 4.79. The highest BCUT2D eigenvalue weighted by molar-refractivity contribution is 8.13. The summed E-state index contributed by atoms with van der Waals surface area (Å²) in [5.41, 5.74) is 7.91. The lowest BCUT2D eigenvalue weighted by Gasteiger charge is -2.05. The highest BCUT2D eigenvalue weighted by Crippen LogP contribution is 2.27. The minimum atomic E-state index is 0. The quantitative estimate of drug-likeness (QED) is 0.664. The van der Waals surface area contributed by atoms with Crippen molar-refractivity contribution in [2.75, 3.05) is 7.11 Å². The Morgan fingerprint density at radius 2 is 1.75 bits per heavy atom. The van der Waals surface area contributed by atoms with Gasteiger partial charge in [-0.2, -0.15) is 0 Å². The molecule has 0 saturated carbocycles. The maximum Gasteiger partial charge on any atom is 0.159 e. The number of hydrogen-bond acceptors (Lipinski definition) is 3. The first-order valence-corrected chi connectivity index (χ1v) is 6.92. The van der Waals surface area contributed by atoms with Crippen LogP contribution in [-0.2, 0) is 5.75 Å². The van der Waals surface area contributed by atoms with Gasteiger partial charge in [0, 0.05) is 5.75 Å². The molecule has 0 aliphatic carbocycles. The van der Waals surface area contributed by atoms with E-state index in [-0.39, 0.29) is 12.4 Å². The van der Waals surface area contributed by atoms with Crippen LogP contribution in [0.1, 0.15) is 5.56 Å². The summed E-state index contributed by atoms with van der Waals surface area (Å²) in [5, 5.41) is 0.536. The first-order valence-electron chi connectivity index (χ1n) is 5.93. The van der Waals surface area contributed by atoms with Gasteiger partial charge in [-0.1, -0.05) is 54.2 Å². The van der Waals surface area contributed by atoms with Crippen molar-refractivity contribution in [2.45, 2.75) is 5.75 Å². The summed E-state index contributed by atoms with van der Waals surface area (Å²) in [4.78, 5) is 4.38. The smallest absolute Gasteiger partial charge is 0.159 e. The third-order valence-electron chi connectivity index (χ3n) is 2.55. The summed E-state index contributed by atoms with van der Waals surface area (Å²) in [7, 11) is 1.63. The number of methoxy groups -OCH3 is 1. The minimum Gasteiger partial charge on any atom is -1.00 e. The lowest BCUT2D eigenvalue weighted by molar-refractivity contribution is -0.00000419. The fraction of sp³-hybridized carbons (Fsp3) is 0.133. The second-order valence-electron chi connectivity index (χ2n) is 3.90. The van der Waals surface area contributed by atoms with E-state index in [1.165, 1.54) is 17.3 Å². The molecule has 0 aliphatic heterocycles. The second kappa shape index (κ2) is 8.51. The van der Waals surface area contributed by atoms with E-state index in [0.29, 0.717) is 5.17 Å². The molecule has 20 heavy (non-hydrogen) atoms. The van der Waals surface area contributed by atoms with Gasteiger partial charge in [-0.15, -0.1) is 0 Å². The molecule has 0 radical (unpaired) electrons. The highest BCUT2D eigenvalue weighted by Gasteiger charge is 2.02. The van der Waals surface area contributed by atoms with Crippen LogP contribution in [0, 0.1) is 0 Å². The van der Waals surface area contributed by atoms with Crippen molar-refractivity contribution in [3.8, 4) is 5.75 Å². The SMILES string of the molecule is COc1ccccc1N=C(N)SCc1ccccc1.[Cl-]. The summed E-state index contributed by atoms with van der Waals surface area (Å²) in [6.07, 6.45) is 0. The summed E-state index contributed by atoms with van der Waals surface area (Å²) < 4.78 is 5.24. The van der Waals surface area contributed by atoms with Gasteiger partial charge in [0.15, 0.2) is 5.17 Å². The van der Waals surface area contributed by atoms with Crippen LogP contribution in [0.2, 0.25) is 0 Å². The Morgan fingerprint density at radius 1 is 1.10 bits per heavy atom. The van der Waals surface area contributed by atoms with Crippen molar-refractivity contribution in [2.24, 2.45) is 10.7 Å². The lowest BCUT2D eigenvalue weighted by atomic mass is 10.2. The Hall–Kier alpha value is -1.65. The maximum absolute atomic E-state index is 5.93. The number of ether oxygens (including phenoxy) is 1. The number of rotatable bonds is 4. The number of amidine groups is 1. The summed E-state index contributed by atoms with van der Waals surface area (Å²) in [6.45, 7) is 0. The van der Waals surface area contributed by atoms with Crippen LogP contribution in [-0.4, -0.2) is 12.3 Å². The number of halogens is 1. The van der Waals surface area contributed by atoms with Gasteiger partial charge in [0.2, 0.25) is 0 Å². The zero-order valence-electron chi connectivity index (χ0n) is 11.1. The van der Waals surface area contributed by atoms with E-state index < -0.39 is 0 Å². The molecule has 0 fully saturated rings. The molecule has 0 amide bonds. The van der Waals surface area contributed by atoms with E-state index in [1.54, 1.807) is 7.11 Å². The van der Waals surface area contributed by atoms with Gasteiger partial charge < -0.3 is 22.9 Å². The molecule has 106 valence electrons. The number of thioether (sulfide) groups is 1.